The number of quaternary nitrogens is 1. The van der Waals surface area contributed by atoms with E-state index in [9.17, 15) is 9.59 Å². The van der Waals surface area contributed by atoms with E-state index in [0.717, 1.165) is 30.8 Å². The van der Waals surface area contributed by atoms with Crippen LogP contribution in [0.25, 0.3) is 0 Å². The Kier molecular flexibility index (Phi) is 5.65. The summed E-state index contributed by atoms with van der Waals surface area (Å²) >= 11 is 5.77. The van der Waals surface area contributed by atoms with Crippen molar-refractivity contribution < 1.29 is 19.2 Å². The smallest absolute Gasteiger partial charge is 0.280 e. The third-order valence-corrected chi connectivity index (χ3v) is 4.62. The number of hydrogen-bond acceptors (Lipinski definition) is 4. The molecule has 2 aliphatic heterocycles. The van der Waals surface area contributed by atoms with Crippen LogP contribution in [-0.2, 0) is 14.3 Å². The largest absolute Gasteiger partial charge is 0.368 e. The molecule has 2 fully saturated rings. The zero-order valence-electron chi connectivity index (χ0n) is 13.5. The lowest BCUT2D eigenvalue weighted by atomic mass is 10.2. The molecule has 8 heteroatoms. The summed E-state index contributed by atoms with van der Waals surface area (Å²) in [5.74, 6) is 0.510. The van der Waals surface area contributed by atoms with Gasteiger partial charge in [-0.25, -0.2) is 4.98 Å². The standard InChI is InChI=1S/C16H21ClN4O3/c17-12-3-4-14(18-10-12)19-15(22)11-20-5-7-21(8-6-20)16(23)13-2-1-9-24-13/h3-4,10,13H,1-2,5-9,11H2,(H,18,19,22)/p+1/t13-/m1/s1. The summed E-state index contributed by atoms with van der Waals surface area (Å²) in [5.41, 5.74) is 0. The van der Waals surface area contributed by atoms with Gasteiger partial charge in [0.1, 0.15) is 11.9 Å². The van der Waals surface area contributed by atoms with Crippen LogP contribution >= 0.6 is 11.6 Å². The first-order valence-corrected chi connectivity index (χ1v) is 8.65. The average molecular weight is 354 g/mol. The maximum atomic E-state index is 12.3. The SMILES string of the molecule is O=C(C[NH+]1CCN(C(=O)[C@H]2CCCO2)CC1)Nc1ccc(Cl)cn1. The minimum absolute atomic E-state index is 0.0845. The van der Waals surface area contributed by atoms with Gasteiger partial charge in [-0.2, -0.15) is 0 Å². The number of pyridine rings is 1. The van der Waals surface area contributed by atoms with Gasteiger partial charge in [-0.3, -0.25) is 9.59 Å². The zero-order chi connectivity index (χ0) is 16.9. The van der Waals surface area contributed by atoms with Gasteiger partial charge in [-0.1, -0.05) is 11.6 Å². The van der Waals surface area contributed by atoms with Crippen molar-refractivity contribution in [2.45, 2.75) is 18.9 Å². The number of rotatable bonds is 4. The van der Waals surface area contributed by atoms with E-state index in [2.05, 4.69) is 10.3 Å². The van der Waals surface area contributed by atoms with E-state index >= 15 is 0 Å². The van der Waals surface area contributed by atoms with Crippen LogP contribution in [0.1, 0.15) is 12.8 Å². The van der Waals surface area contributed by atoms with Gasteiger partial charge in [0, 0.05) is 12.8 Å². The number of aromatic nitrogens is 1. The van der Waals surface area contributed by atoms with Gasteiger partial charge in [-0.15, -0.1) is 0 Å². The lowest BCUT2D eigenvalue weighted by molar-refractivity contribution is -0.895. The summed E-state index contributed by atoms with van der Waals surface area (Å²) in [4.78, 5) is 31.5. The van der Waals surface area contributed by atoms with Crippen molar-refractivity contribution in [3.05, 3.63) is 23.4 Å². The third kappa shape index (κ3) is 4.43. The van der Waals surface area contributed by atoms with Crippen LogP contribution in [0.3, 0.4) is 0 Å². The van der Waals surface area contributed by atoms with E-state index in [1.54, 1.807) is 12.1 Å². The third-order valence-electron chi connectivity index (χ3n) is 4.39. The molecule has 7 nitrogen and oxygen atoms in total. The number of nitrogens with zero attached hydrogens (tertiary/aromatic N) is 2. The van der Waals surface area contributed by atoms with Gasteiger partial charge in [0.15, 0.2) is 6.54 Å². The lowest BCUT2D eigenvalue weighted by Crippen LogP contribution is -3.15. The highest BCUT2D eigenvalue weighted by molar-refractivity contribution is 6.30. The van der Waals surface area contributed by atoms with Crippen LogP contribution in [0.15, 0.2) is 18.3 Å². The Morgan fingerprint density at radius 1 is 1.38 bits per heavy atom. The number of ether oxygens (including phenoxy) is 1. The van der Waals surface area contributed by atoms with Crippen molar-refractivity contribution in [2.24, 2.45) is 0 Å². The highest BCUT2D eigenvalue weighted by atomic mass is 35.5. The topological polar surface area (TPSA) is 76.0 Å². The molecule has 130 valence electrons. The molecule has 3 rings (SSSR count). The molecule has 1 atom stereocenters. The second kappa shape index (κ2) is 7.92. The number of nitrogens with one attached hydrogen (secondary N) is 2. The molecule has 24 heavy (non-hydrogen) atoms. The fourth-order valence-corrected chi connectivity index (χ4v) is 3.17. The minimum Gasteiger partial charge on any atom is -0.368 e. The summed E-state index contributed by atoms with van der Waals surface area (Å²) in [7, 11) is 0. The summed E-state index contributed by atoms with van der Waals surface area (Å²) in [5, 5.41) is 3.30. The molecular formula is C16H22ClN4O3+. The Hall–Kier alpha value is -1.70. The van der Waals surface area contributed by atoms with Crippen molar-refractivity contribution in [1.82, 2.24) is 9.88 Å². The molecule has 0 aliphatic carbocycles. The number of halogens is 1. The molecule has 0 saturated carbocycles. The molecule has 0 spiro atoms. The second-order valence-electron chi connectivity index (χ2n) is 6.16. The van der Waals surface area contributed by atoms with E-state index < -0.39 is 0 Å². The van der Waals surface area contributed by atoms with Gasteiger partial charge >= 0.3 is 0 Å². The first kappa shape index (κ1) is 17.1. The van der Waals surface area contributed by atoms with E-state index in [0.29, 0.717) is 37.1 Å². The van der Waals surface area contributed by atoms with Crippen LogP contribution in [0.4, 0.5) is 5.82 Å². The first-order chi connectivity index (χ1) is 11.6. The fraction of sp³-hybridized carbons (Fsp3) is 0.562. The molecule has 2 aliphatic rings. The normalized spacial score (nSPS) is 21.7. The summed E-state index contributed by atoms with van der Waals surface area (Å²) in [6.07, 6.45) is 3.02. The molecule has 0 unspecified atom stereocenters. The Morgan fingerprint density at radius 3 is 2.79 bits per heavy atom. The van der Waals surface area contributed by atoms with Crippen molar-refractivity contribution in [2.75, 3.05) is 44.6 Å². The van der Waals surface area contributed by atoms with Crippen molar-refractivity contribution in [1.29, 1.82) is 0 Å². The molecule has 0 aromatic carbocycles. The first-order valence-electron chi connectivity index (χ1n) is 8.27. The maximum absolute atomic E-state index is 12.3. The van der Waals surface area contributed by atoms with Crippen LogP contribution in [0.2, 0.25) is 5.02 Å². The number of carbonyl (C=O) groups excluding carboxylic acids is 2. The van der Waals surface area contributed by atoms with Gasteiger partial charge in [0.25, 0.3) is 11.8 Å². The Bertz CT molecular complexity index is 581. The summed E-state index contributed by atoms with van der Waals surface area (Å²) in [6.45, 7) is 3.91. The number of amides is 2. The highest BCUT2D eigenvalue weighted by Gasteiger charge is 2.31. The molecule has 0 bridgehead atoms. The summed E-state index contributed by atoms with van der Waals surface area (Å²) < 4.78 is 5.46. The fourth-order valence-electron chi connectivity index (χ4n) is 3.06. The molecule has 2 amide bonds. The molecule has 1 aromatic heterocycles. The van der Waals surface area contributed by atoms with E-state index in [-0.39, 0.29) is 17.9 Å². The zero-order valence-corrected chi connectivity index (χ0v) is 14.2. The van der Waals surface area contributed by atoms with E-state index in [1.807, 2.05) is 4.90 Å². The monoisotopic (exact) mass is 353 g/mol. The lowest BCUT2D eigenvalue weighted by Gasteiger charge is -2.33. The predicted molar refractivity (Wildman–Crippen MR) is 89.0 cm³/mol. The van der Waals surface area contributed by atoms with Crippen molar-refractivity contribution in [3.8, 4) is 0 Å². The highest BCUT2D eigenvalue weighted by Crippen LogP contribution is 2.14. The van der Waals surface area contributed by atoms with Crippen LogP contribution in [0, 0.1) is 0 Å². The summed E-state index contributed by atoms with van der Waals surface area (Å²) in [6, 6.07) is 3.36. The Labute approximate surface area is 145 Å². The van der Waals surface area contributed by atoms with Gasteiger partial charge < -0.3 is 19.9 Å². The average Bonchev–Trinajstić information content (AvgIpc) is 3.11. The maximum Gasteiger partial charge on any atom is 0.280 e. The second-order valence-corrected chi connectivity index (χ2v) is 6.60. The van der Waals surface area contributed by atoms with Crippen LogP contribution < -0.4 is 10.2 Å². The number of carbonyl (C=O) groups is 2. The minimum atomic E-state index is -0.258. The van der Waals surface area contributed by atoms with Crippen LogP contribution in [-0.4, -0.2) is 67.1 Å². The number of piperazine rings is 1. The van der Waals surface area contributed by atoms with Gasteiger partial charge in [-0.05, 0) is 25.0 Å². The quantitative estimate of drug-likeness (QED) is 0.771. The molecule has 2 saturated heterocycles. The Morgan fingerprint density at radius 2 is 2.17 bits per heavy atom. The van der Waals surface area contributed by atoms with Gasteiger partial charge in [0.05, 0.1) is 31.2 Å². The molecule has 3 heterocycles. The predicted octanol–water partition coefficient (Wildman–Crippen LogP) is -0.420. The molecular weight excluding hydrogens is 332 g/mol. The number of anilines is 1. The van der Waals surface area contributed by atoms with Crippen LogP contribution in [0.5, 0.6) is 0 Å². The molecule has 0 radical (unpaired) electrons. The molecule has 1 aromatic rings. The van der Waals surface area contributed by atoms with Crippen molar-refractivity contribution in [3.63, 3.8) is 0 Å². The Balaban J connectivity index is 1.42. The number of hydrogen-bond donors (Lipinski definition) is 2. The van der Waals surface area contributed by atoms with Gasteiger partial charge in [0.2, 0.25) is 0 Å². The van der Waals surface area contributed by atoms with Crippen molar-refractivity contribution >= 4 is 29.2 Å². The van der Waals surface area contributed by atoms with E-state index in [1.165, 1.54) is 6.20 Å². The van der Waals surface area contributed by atoms with E-state index in [4.69, 9.17) is 16.3 Å². The molecule has 2 N–H and O–H groups in total.